The highest BCUT2D eigenvalue weighted by Gasteiger charge is 2.50. The first kappa shape index (κ1) is 17.9. The van der Waals surface area contributed by atoms with E-state index in [2.05, 4.69) is 0 Å². The van der Waals surface area contributed by atoms with Gasteiger partial charge in [-0.25, -0.2) is 4.79 Å². The van der Waals surface area contributed by atoms with Crippen molar-refractivity contribution in [2.45, 2.75) is 25.4 Å². The number of hydrogen-bond donors (Lipinski definition) is 0. The van der Waals surface area contributed by atoms with Gasteiger partial charge in [-0.1, -0.05) is 60.7 Å². The molecule has 26 heavy (non-hydrogen) atoms. The van der Waals surface area contributed by atoms with Crippen LogP contribution in [0.25, 0.3) is 6.08 Å². The Morgan fingerprint density at radius 1 is 1.04 bits per heavy atom. The summed E-state index contributed by atoms with van der Waals surface area (Å²) in [5.74, 6) is -0.785. The summed E-state index contributed by atoms with van der Waals surface area (Å²) in [7, 11) is 1.37. The number of esters is 2. The molecule has 0 saturated heterocycles. The number of carbonyl (C=O) groups is 2. The van der Waals surface area contributed by atoms with Crippen molar-refractivity contribution in [2.75, 3.05) is 7.11 Å². The van der Waals surface area contributed by atoms with Crippen LogP contribution in [-0.4, -0.2) is 25.2 Å². The van der Waals surface area contributed by atoms with Gasteiger partial charge in [0.25, 0.3) is 0 Å². The highest BCUT2D eigenvalue weighted by Crippen LogP contribution is 2.43. The zero-order valence-corrected chi connectivity index (χ0v) is 14.8. The monoisotopic (exact) mass is 350 g/mol. The zero-order valence-electron chi connectivity index (χ0n) is 14.8. The molecule has 1 fully saturated rings. The van der Waals surface area contributed by atoms with Gasteiger partial charge in [0.1, 0.15) is 11.5 Å². The average molecular weight is 350 g/mol. The summed E-state index contributed by atoms with van der Waals surface area (Å²) in [6, 6.07) is 18.6. The van der Waals surface area contributed by atoms with E-state index in [1.807, 2.05) is 48.6 Å². The molecule has 3 rings (SSSR count). The fourth-order valence-corrected chi connectivity index (χ4v) is 3.43. The standard InChI is InChI=1S/C22H22O4/c1-25-21(24)22(16-14-17-9-4-2-5-10-17)15-8-13-19(22)26-20(23)18-11-6-3-7-12-18/h2-7,9-12,14,16,19H,8,13,15H2,1H3. The molecule has 0 aromatic heterocycles. The molecule has 0 spiro atoms. The van der Waals surface area contributed by atoms with Crippen LogP contribution in [0.5, 0.6) is 0 Å². The summed E-state index contributed by atoms with van der Waals surface area (Å²) in [4.78, 5) is 25.1. The van der Waals surface area contributed by atoms with Crippen LogP contribution in [0.2, 0.25) is 0 Å². The highest BCUT2D eigenvalue weighted by molar-refractivity contribution is 5.90. The SMILES string of the molecule is COC(=O)C1(C=Cc2ccccc2)CCCC1OC(=O)c1ccccc1. The first-order valence-electron chi connectivity index (χ1n) is 8.74. The Morgan fingerprint density at radius 2 is 1.69 bits per heavy atom. The van der Waals surface area contributed by atoms with Crippen LogP contribution in [0.3, 0.4) is 0 Å². The summed E-state index contributed by atoms with van der Waals surface area (Å²) >= 11 is 0. The molecule has 1 aliphatic rings. The largest absolute Gasteiger partial charge is 0.468 e. The second-order valence-corrected chi connectivity index (χ2v) is 6.43. The van der Waals surface area contributed by atoms with Crippen LogP contribution in [0.15, 0.2) is 66.7 Å². The Morgan fingerprint density at radius 3 is 2.35 bits per heavy atom. The minimum absolute atomic E-state index is 0.368. The van der Waals surface area contributed by atoms with Crippen LogP contribution >= 0.6 is 0 Å². The molecule has 4 heteroatoms. The van der Waals surface area contributed by atoms with Gasteiger partial charge in [0, 0.05) is 0 Å². The highest BCUT2D eigenvalue weighted by atomic mass is 16.6. The summed E-state index contributed by atoms with van der Waals surface area (Å²) in [5.41, 5.74) is 0.510. The van der Waals surface area contributed by atoms with Crippen molar-refractivity contribution in [3.8, 4) is 0 Å². The fourth-order valence-electron chi connectivity index (χ4n) is 3.43. The molecule has 0 N–H and O–H groups in total. The molecule has 2 unspecified atom stereocenters. The molecule has 0 radical (unpaired) electrons. The lowest BCUT2D eigenvalue weighted by molar-refractivity contribution is -0.154. The van der Waals surface area contributed by atoms with Gasteiger partial charge >= 0.3 is 11.9 Å². The molecule has 0 amide bonds. The smallest absolute Gasteiger partial charge is 0.338 e. The molecule has 4 nitrogen and oxygen atoms in total. The van der Waals surface area contributed by atoms with Crippen molar-refractivity contribution in [1.29, 1.82) is 0 Å². The van der Waals surface area contributed by atoms with Crippen molar-refractivity contribution in [2.24, 2.45) is 5.41 Å². The van der Waals surface area contributed by atoms with Crippen molar-refractivity contribution in [1.82, 2.24) is 0 Å². The summed E-state index contributed by atoms with van der Waals surface area (Å²) in [6.07, 6.45) is 5.21. The first-order chi connectivity index (χ1) is 12.7. The molecule has 0 bridgehead atoms. The molecule has 1 saturated carbocycles. The molecule has 2 aromatic rings. The van der Waals surface area contributed by atoms with E-state index in [4.69, 9.17) is 9.47 Å². The summed E-state index contributed by atoms with van der Waals surface area (Å²) in [5, 5.41) is 0. The molecule has 2 atom stereocenters. The van der Waals surface area contributed by atoms with Gasteiger partial charge in [-0.3, -0.25) is 4.79 Å². The van der Waals surface area contributed by atoms with E-state index in [0.29, 0.717) is 18.4 Å². The van der Waals surface area contributed by atoms with Crippen molar-refractivity contribution in [3.63, 3.8) is 0 Å². The maximum Gasteiger partial charge on any atom is 0.338 e. The van der Waals surface area contributed by atoms with E-state index in [1.54, 1.807) is 24.3 Å². The van der Waals surface area contributed by atoms with Gasteiger partial charge in [-0.2, -0.15) is 0 Å². The molecule has 1 aliphatic carbocycles. The molecular formula is C22H22O4. The van der Waals surface area contributed by atoms with Crippen molar-refractivity contribution < 1.29 is 19.1 Å². The van der Waals surface area contributed by atoms with E-state index in [-0.39, 0.29) is 5.97 Å². The second-order valence-electron chi connectivity index (χ2n) is 6.43. The van der Waals surface area contributed by atoms with Crippen LogP contribution in [0.1, 0.15) is 35.2 Å². The normalized spacial score (nSPS) is 22.3. The Labute approximate surface area is 153 Å². The van der Waals surface area contributed by atoms with Gasteiger partial charge in [0.05, 0.1) is 12.7 Å². The van der Waals surface area contributed by atoms with E-state index >= 15 is 0 Å². The van der Waals surface area contributed by atoms with Crippen LogP contribution in [0, 0.1) is 5.41 Å². The van der Waals surface area contributed by atoms with E-state index in [0.717, 1.165) is 12.0 Å². The second kappa shape index (κ2) is 8.00. The minimum atomic E-state index is -0.949. The summed E-state index contributed by atoms with van der Waals surface area (Å²) in [6.45, 7) is 0. The lowest BCUT2D eigenvalue weighted by atomic mass is 9.83. The molecule has 0 heterocycles. The summed E-state index contributed by atoms with van der Waals surface area (Å²) < 4.78 is 10.8. The first-order valence-corrected chi connectivity index (χ1v) is 8.74. The van der Waals surface area contributed by atoms with Gasteiger partial charge in [-0.15, -0.1) is 0 Å². The van der Waals surface area contributed by atoms with Crippen molar-refractivity contribution >= 4 is 18.0 Å². The predicted octanol–water partition coefficient (Wildman–Crippen LogP) is 4.27. The van der Waals surface area contributed by atoms with E-state index in [1.165, 1.54) is 7.11 Å². The molecule has 134 valence electrons. The third kappa shape index (κ3) is 3.69. The third-order valence-electron chi connectivity index (χ3n) is 4.83. The number of ether oxygens (including phenoxy) is 2. The molecule has 0 aliphatic heterocycles. The minimum Gasteiger partial charge on any atom is -0.468 e. The van der Waals surface area contributed by atoms with Crippen LogP contribution in [0.4, 0.5) is 0 Å². The Bertz CT molecular complexity index is 782. The molecule has 2 aromatic carbocycles. The number of benzene rings is 2. The van der Waals surface area contributed by atoms with Gasteiger partial charge in [-0.05, 0) is 37.0 Å². The lowest BCUT2D eigenvalue weighted by Crippen LogP contribution is -2.40. The van der Waals surface area contributed by atoms with E-state index in [9.17, 15) is 9.59 Å². The number of rotatable bonds is 5. The number of methoxy groups -OCH3 is 1. The Hall–Kier alpha value is -2.88. The lowest BCUT2D eigenvalue weighted by Gasteiger charge is -2.29. The number of carbonyl (C=O) groups excluding carboxylic acids is 2. The fraction of sp³-hybridized carbons (Fsp3) is 0.273. The van der Waals surface area contributed by atoms with E-state index < -0.39 is 17.5 Å². The Kier molecular flexibility index (Phi) is 5.52. The van der Waals surface area contributed by atoms with Crippen molar-refractivity contribution in [3.05, 3.63) is 77.9 Å². The maximum atomic E-state index is 12.6. The predicted molar refractivity (Wildman–Crippen MR) is 99.4 cm³/mol. The van der Waals surface area contributed by atoms with Gasteiger partial charge < -0.3 is 9.47 Å². The topological polar surface area (TPSA) is 52.6 Å². The Balaban J connectivity index is 1.86. The molecular weight excluding hydrogens is 328 g/mol. The van der Waals surface area contributed by atoms with Crippen LogP contribution in [-0.2, 0) is 14.3 Å². The maximum absolute atomic E-state index is 12.6. The van der Waals surface area contributed by atoms with Gasteiger partial charge in [0.2, 0.25) is 0 Å². The van der Waals surface area contributed by atoms with Crippen LogP contribution < -0.4 is 0 Å². The zero-order chi connectivity index (χ0) is 18.4. The average Bonchev–Trinajstić information content (AvgIpc) is 3.10. The number of hydrogen-bond acceptors (Lipinski definition) is 4. The van der Waals surface area contributed by atoms with Gasteiger partial charge in [0.15, 0.2) is 0 Å². The quantitative estimate of drug-likeness (QED) is 0.756. The third-order valence-corrected chi connectivity index (χ3v) is 4.83.